The summed E-state index contributed by atoms with van der Waals surface area (Å²) in [7, 11) is 1.55. The minimum absolute atomic E-state index is 0. The molecular weight excluding hydrogens is 473 g/mol. The van der Waals surface area contributed by atoms with Crippen LogP contribution in [0.3, 0.4) is 0 Å². The fraction of sp³-hybridized carbons (Fsp3) is 0.238. The Morgan fingerprint density at radius 3 is 2.24 bits per heavy atom. The highest BCUT2D eigenvalue weighted by atomic mass is 35.5. The van der Waals surface area contributed by atoms with E-state index in [9.17, 15) is 5.11 Å². The third-order valence-corrected chi connectivity index (χ3v) is 4.29. The Hall–Kier alpha value is -3.18. The van der Waals surface area contributed by atoms with Crippen LogP contribution in [0.4, 0.5) is 17.5 Å². The molecule has 33 heavy (non-hydrogen) atoms. The van der Waals surface area contributed by atoms with E-state index in [2.05, 4.69) is 9.97 Å². The van der Waals surface area contributed by atoms with Crippen molar-refractivity contribution in [3.63, 3.8) is 0 Å². The van der Waals surface area contributed by atoms with Crippen molar-refractivity contribution in [3.8, 4) is 17.2 Å². The van der Waals surface area contributed by atoms with Crippen molar-refractivity contribution < 1.29 is 24.8 Å². The molecule has 1 heterocycles. The molecule has 0 aliphatic carbocycles. The Labute approximate surface area is 204 Å². The summed E-state index contributed by atoms with van der Waals surface area (Å²) in [5.74, 6) is 2.12. The number of nitrogens with zero attached hydrogens (tertiary/aromatic N) is 2. The molecule has 3 rings (SSSR count). The molecule has 0 aliphatic rings. The number of aliphatic hydroxyl groups excluding tert-OH is 1. The van der Waals surface area contributed by atoms with Gasteiger partial charge in [-0.15, -0.1) is 24.8 Å². The minimum atomic E-state index is -0.836. The van der Waals surface area contributed by atoms with Crippen LogP contribution < -0.4 is 31.4 Å². The van der Waals surface area contributed by atoms with Gasteiger partial charge in [-0.1, -0.05) is 6.07 Å². The molecule has 0 fully saturated rings. The Balaban J connectivity index is 0.00000341. The first kappa shape index (κ1) is 29.8. The lowest BCUT2D eigenvalue weighted by Gasteiger charge is -2.16. The quantitative estimate of drug-likeness (QED) is 0.316. The maximum Gasteiger partial charge on any atom is 0.221 e. The molecule has 3 aromatic rings. The zero-order valence-corrected chi connectivity index (χ0v) is 19.6. The van der Waals surface area contributed by atoms with Crippen LogP contribution in [0.1, 0.15) is 11.1 Å². The van der Waals surface area contributed by atoms with Gasteiger partial charge in [0.15, 0.2) is 11.5 Å². The Morgan fingerprint density at radius 1 is 0.939 bits per heavy atom. The number of hydrogen-bond donors (Lipinski definition) is 4. The van der Waals surface area contributed by atoms with Crippen molar-refractivity contribution in [2.45, 2.75) is 12.5 Å². The molecule has 0 bridgehead atoms. The maximum atomic E-state index is 10.2. The van der Waals surface area contributed by atoms with Crippen LogP contribution in [0.25, 0.3) is 0 Å². The van der Waals surface area contributed by atoms with E-state index in [1.165, 1.54) is 0 Å². The van der Waals surface area contributed by atoms with Gasteiger partial charge >= 0.3 is 0 Å². The van der Waals surface area contributed by atoms with E-state index in [0.29, 0.717) is 35.2 Å². The number of ether oxygens (including phenoxy) is 3. The van der Waals surface area contributed by atoms with Crippen LogP contribution in [-0.4, -0.2) is 47.0 Å². The van der Waals surface area contributed by atoms with Gasteiger partial charge in [-0.2, -0.15) is 4.98 Å². The average molecular weight is 502 g/mol. The van der Waals surface area contributed by atoms with Gasteiger partial charge in [0.05, 0.1) is 7.11 Å². The second kappa shape index (κ2) is 14.1. The molecule has 9 N–H and O–H groups in total. The number of benzene rings is 2. The lowest BCUT2D eigenvalue weighted by Crippen LogP contribution is -2.25. The van der Waals surface area contributed by atoms with Gasteiger partial charge in [-0.25, -0.2) is 4.98 Å². The van der Waals surface area contributed by atoms with Gasteiger partial charge in [0.1, 0.15) is 30.9 Å². The summed E-state index contributed by atoms with van der Waals surface area (Å²) in [4.78, 5) is 7.95. The Bertz CT molecular complexity index is 995. The molecule has 182 valence electrons. The standard InChI is InChI=1S/C21H25N5O4.2ClH.H2O/c1-28-18-7-2-13(8-14-10-25-21(24)26-20(14)23)9-19(18)30-12-16(27)11-29-17-5-3-15(22)4-6-17;;;/h2-7,9-10,16,27H,8,11-12,22H2,1H3,(H4,23,24,25,26);2*1H;1H2. The lowest BCUT2D eigenvalue weighted by molar-refractivity contribution is 0.0616. The first-order valence-corrected chi connectivity index (χ1v) is 9.27. The number of nitrogens with two attached hydrogens (primary N) is 3. The molecule has 0 saturated carbocycles. The topological polar surface area (TPSA) is 183 Å². The number of methoxy groups -OCH3 is 1. The first-order chi connectivity index (χ1) is 14.4. The highest BCUT2D eigenvalue weighted by molar-refractivity contribution is 5.85. The minimum Gasteiger partial charge on any atom is -0.493 e. The molecule has 1 aromatic heterocycles. The Morgan fingerprint density at radius 2 is 1.61 bits per heavy atom. The molecule has 2 aromatic carbocycles. The van der Waals surface area contributed by atoms with Crippen molar-refractivity contribution in [1.29, 1.82) is 0 Å². The number of rotatable bonds is 9. The van der Waals surface area contributed by atoms with E-state index >= 15 is 0 Å². The highest BCUT2D eigenvalue weighted by Crippen LogP contribution is 2.29. The molecule has 1 unspecified atom stereocenters. The van der Waals surface area contributed by atoms with E-state index in [1.807, 2.05) is 12.1 Å². The summed E-state index contributed by atoms with van der Waals surface area (Å²) >= 11 is 0. The summed E-state index contributed by atoms with van der Waals surface area (Å²) in [6.45, 7) is 0.104. The van der Waals surface area contributed by atoms with Gasteiger partial charge in [-0.05, 0) is 42.0 Å². The van der Waals surface area contributed by atoms with Gasteiger partial charge in [0.2, 0.25) is 5.95 Å². The van der Waals surface area contributed by atoms with Crippen LogP contribution >= 0.6 is 24.8 Å². The van der Waals surface area contributed by atoms with Crippen LogP contribution in [-0.2, 0) is 6.42 Å². The number of aromatic nitrogens is 2. The smallest absolute Gasteiger partial charge is 0.221 e. The molecule has 0 aliphatic heterocycles. The van der Waals surface area contributed by atoms with Crippen LogP contribution in [0, 0.1) is 0 Å². The van der Waals surface area contributed by atoms with E-state index < -0.39 is 6.10 Å². The summed E-state index contributed by atoms with van der Waals surface area (Å²) in [6, 6.07) is 12.4. The van der Waals surface area contributed by atoms with E-state index in [4.69, 9.17) is 31.4 Å². The third-order valence-electron chi connectivity index (χ3n) is 4.29. The van der Waals surface area contributed by atoms with Gasteiger partial charge < -0.3 is 42.0 Å². The fourth-order valence-electron chi connectivity index (χ4n) is 2.72. The van der Waals surface area contributed by atoms with E-state index in [0.717, 1.165) is 11.1 Å². The summed E-state index contributed by atoms with van der Waals surface area (Å²) < 4.78 is 16.7. The first-order valence-electron chi connectivity index (χ1n) is 9.27. The largest absolute Gasteiger partial charge is 0.493 e. The number of halogens is 2. The molecule has 1 atom stereocenters. The summed E-state index contributed by atoms with van der Waals surface area (Å²) in [5.41, 5.74) is 19.4. The van der Waals surface area contributed by atoms with Crippen molar-refractivity contribution in [2.75, 3.05) is 37.5 Å². The number of anilines is 3. The molecule has 0 radical (unpaired) electrons. The van der Waals surface area contributed by atoms with Crippen molar-refractivity contribution in [2.24, 2.45) is 0 Å². The van der Waals surface area contributed by atoms with Crippen LogP contribution in [0.2, 0.25) is 0 Å². The average Bonchev–Trinajstić information content (AvgIpc) is 2.74. The maximum absolute atomic E-state index is 10.2. The summed E-state index contributed by atoms with van der Waals surface area (Å²) in [5, 5.41) is 10.2. The van der Waals surface area contributed by atoms with E-state index in [-0.39, 0.29) is 49.5 Å². The van der Waals surface area contributed by atoms with Gasteiger partial charge in [0.25, 0.3) is 0 Å². The second-order valence-corrected chi connectivity index (χ2v) is 6.65. The SMILES string of the molecule is COc1ccc(Cc2cnc(N)nc2N)cc1OCC(O)COc1ccc(N)cc1.Cl.Cl.O. The normalized spacial score (nSPS) is 10.6. The van der Waals surface area contributed by atoms with Crippen molar-refractivity contribution >= 4 is 42.3 Å². The number of aliphatic hydroxyl groups is 1. The van der Waals surface area contributed by atoms with Crippen molar-refractivity contribution in [3.05, 3.63) is 59.8 Å². The number of nitrogen functional groups attached to an aromatic ring is 3. The van der Waals surface area contributed by atoms with Crippen molar-refractivity contribution in [1.82, 2.24) is 9.97 Å². The third kappa shape index (κ3) is 8.70. The second-order valence-electron chi connectivity index (χ2n) is 6.65. The van der Waals surface area contributed by atoms with Gasteiger partial charge in [-0.3, -0.25) is 0 Å². The lowest BCUT2D eigenvalue weighted by atomic mass is 10.1. The monoisotopic (exact) mass is 501 g/mol. The molecule has 10 nitrogen and oxygen atoms in total. The van der Waals surface area contributed by atoms with E-state index in [1.54, 1.807) is 43.6 Å². The molecule has 0 saturated heterocycles. The predicted molar refractivity (Wildman–Crippen MR) is 133 cm³/mol. The zero-order chi connectivity index (χ0) is 21.5. The van der Waals surface area contributed by atoms with Crippen LogP contribution in [0.15, 0.2) is 48.7 Å². The summed E-state index contributed by atoms with van der Waals surface area (Å²) in [6.07, 6.45) is 1.26. The fourth-order valence-corrected chi connectivity index (χ4v) is 2.72. The zero-order valence-electron chi connectivity index (χ0n) is 17.9. The predicted octanol–water partition coefficient (Wildman–Crippen LogP) is 1.66. The van der Waals surface area contributed by atoms with Crippen LogP contribution in [0.5, 0.6) is 17.2 Å². The molecule has 12 heteroatoms. The molecule has 0 amide bonds. The molecular formula is C21H29Cl2N5O5. The highest BCUT2D eigenvalue weighted by Gasteiger charge is 2.12. The molecule has 0 spiro atoms. The number of hydrogen-bond acceptors (Lipinski definition) is 9. The Kier molecular flexibility index (Phi) is 12.7. The van der Waals surface area contributed by atoms with Gasteiger partial charge in [0, 0.05) is 23.9 Å².